The molecule has 7 heteroatoms. The first kappa shape index (κ1) is 19.0. The number of nitrogens with zero attached hydrogens (tertiary/aromatic N) is 3. The minimum absolute atomic E-state index is 0.329. The Balaban J connectivity index is 1.27. The van der Waals surface area contributed by atoms with Crippen molar-refractivity contribution in [2.45, 2.75) is 44.2 Å². The van der Waals surface area contributed by atoms with Gasteiger partial charge in [-0.2, -0.15) is 0 Å². The number of carboxylic acid groups (broad SMARTS) is 1. The summed E-state index contributed by atoms with van der Waals surface area (Å²) in [5.74, 6) is 0.188. The summed E-state index contributed by atoms with van der Waals surface area (Å²) in [5.41, 5.74) is 2.06. The first-order chi connectivity index (χ1) is 14.1. The summed E-state index contributed by atoms with van der Waals surface area (Å²) < 4.78 is 6.26. The number of likely N-dealkylation sites (tertiary alicyclic amines) is 1. The normalized spacial score (nSPS) is 21.4. The van der Waals surface area contributed by atoms with E-state index in [0.717, 1.165) is 50.3 Å². The molecule has 0 radical (unpaired) electrons. The van der Waals surface area contributed by atoms with Gasteiger partial charge in [0.05, 0.1) is 12.2 Å². The fourth-order valence-electron chi connectivity index (χ4n) is 4.93. The number of aromatic nitrogens is 1. The quantitative estimate of drug-likeness (QED) is 0.828. The molecular formula is C22H27N3O3S. The maximum absolute atomic E-state index is 11.4. The Hall–Kier alpha value is -1.96. The number of pyridine rings is 1. The molecule has 1 spiro atoms. The molecule has 3 aliphatic rings. The summed E-state index contributed by atoms with van der Waals surface area (Å²) in [6, 6.07) is 6.20. The molecule has 0 atom stereocenters. The van der Waals surface area contributed by atoms with Crippen LogP contribution in [0.2, 0.25) is 0 Å². The van der Waals surface area contributed by atoms with Crippen LogP contribution >= 0.6 is 11.3 Å². The van der Waals surface area contributed by atoms with Crippen molar-refractivity contribution in [3.63, 3.8) is 0 Å². The van der Waals surface area contributed by atoms with Crippen molar-refractivity contribution in [3.05, 3.63) is 45.3 Å². The Morgan fingerprint density at radius 3 is 2.69 bits per heavy atom. The molecule has 3 aliphatic heterocycles. The molecule has 2 aromatic rings. The van der Waals surface area contributed by atoms with Gasteiger partial charge in [0.15, 0.2) is 0 Å². The fraction of sp³-hybridized carbons (Fsp3) is 0.545. The smallest absolute Gasteiger partial charge is 0.345 e. The van der Waals surface area contributed by atoms with Gasteiger partial charge in [0.2, 0.25) is 0 Å². The zero-order chi connectivity index (χ0) is 19.8. The predicted octanol–water partition coefficient (Wildman–Crippen LogP) is 3.51. The Morgan fingerprint density at radius 2 is 2.00 bits per heavy atom. The van der Waals surface area contributed by atoms with Crippen LogP contribution in [0.5, 0.6) is 0 Å². The molecular weight excluding hydrogens is 386 g/mol. The third-order valence-corrected chi connectivity index (χ3v) is 7.71. The second-order valence-corrected chi connectivity index (χ2v) is 9.48. The molecule has 5 rings (SSSR count). The monoisotopic (exact) mass is 413 g/mol. The van der Waals surface area contributed by atoms with Gasteiger partial charge in [0, 0.05) is 37.1 Å². The van der Waals surface area contributed by atoms with Gasteiger partial charge in [-0.05, 0) is 62.0 Å². The Morgan fingerprint density at radius 1 is 1.21 bits per heavy atom. The van der Waals surface area contributed by atoms with Crippen LogP contribution in [-0.4, -0.2) is 53.7 Å². The van der Waals surface area contributed by atoms with Crippen LogP contribution in [0.15, 0.2) is 24.4 Å². The van der Waals surface area contributed by atoms with Crippen LogP contribution in [0.25, 0.3) is 0 Å². The fourth-order valence-corrected chi connectivity index (χ4v) is 6.00. The maximum Gasteiger partial charge on any atom is 0.345 e. The SMILES string of the molecule is O=C(O)c1cc2c(s1)CCOC21CCN(c2ccc(CN3CCCC3)cn2)CC1. The van der Waals surface area contributed by atoms with E-state index in [4.69, 9.17) is 9.72 Å². The second kappa shape index (κ2) is 7.70. The summed E-state index contributed by atoms with van der Waals surface area (Å²) in [6.45, 7) is 5.81. The van der Waals surface area contributed by atoms with E-state index in [1.165, 1.54) is 47.7 Å². The van der Waals surface area contributed by atoms with E-state index in [1.54, 1.807) is 0 Å². The van der Waals surface area contributed by atoms with Crippen molar-refractivity contribution >= 4 is 23.1 Å². The van der Waals surface area contributed by atoms with Crippen LogP contribution in [0, 0.1) is 0 Å². The Kier molecular flexibility index (Phi) is 5.05. The molecule has 6 nitrogen and oxygen atoms in total. The van der Waals surface area contributed by atoms with Crippen LogP contribution in [-0.2, 0) is 23.3 Å². The Labute approximate surface area is 175 Å². The number of fused-ring (bicyclic) bond motifs is 2. The van der Waals surface area contributed by atoms with E-state index >= 15 is 0 Å². The topological polar surface area (TPSA) is 65.9 Å². The minimum atomic E-state index is -0.838. The third kappa shape index (κ3) is 3.67. The molecule has 0 bridgehead atoms. The van der Waals surface area contributed by atoms with Gasteiger partial charge in [-0.25, -0.2) is 9.78 Å². The summed E-state index contributed by atoms with van der Waals surface area (Å²) in [6.07, 6.45) is 7.19. The number of hydrogen-bond acceptors (Lipinski definition) is 6. The molecule has 5 heterocycles. The predicted molar refractivity (Wildman–Crippen MR) is 113 cm³/mol. The first-order valence-electron chi connectivity index (χ1n) is 10.6. The average Bonchev–Trinajstić information content (AvgIpc) is 3.40. The van der Waals surface area contributed by atoms with Crippen LogP contribution < -0.4 is 4.90 Å². The number of aromatic carboxylic acids is 1. The molecule has 2 saturated heterocycles. The number of carbonyl (C=O) groups is 1. The minimum Gasteiger partial charge on any atom is -0.477 e. The number of piperidine rings is 1. The van der Waals surface area contributed by atoms with Crippen molar-refractivity contribution in [3.8, 4) is 0 Å². The number of ether oxygens (including phenoxy) is 1. The lowest BCUT2D eigenvalue weighted by Crippen LogP contribution is -2.46. The molecule has 154 valence electrons. The van der Waals surface area contributed by atoms with Gasteiger partial charge in [-0.3, -0.25) is 4.90 Å². The van der Waals surface area contributed by atoms with E-state index in [9.17, 15) is 9.90 Å². The highest BCUT2D eigenvalue weighted by atomic mass is 32.1. The average molecular weight is 414 g/mol. The van der Waals surface area contributed by atoms with Crippen molar-refractivity contribution in [1.29, 1.82) is 0 Å². The lowest BCUT2D eigenvalue weighted by molar-refractivity contribution is -0.0757. The van der Waals surface area contributed by atoms with E-state index in [-0.39, 0.29) is 5.60 Å². The zero-order valence-electron chi connectivity index (χ0n) is 16.6. The summed E-state index contributed by atoms with van der Waals surface area (Å²) >= 11 is 1.41. The molecule has 0 aromatic carbocycles. The number of carboxylic acids is 1. The zero-order valence-corrected chi connectivity index (χ0v) is 17.4. The highest BCUT2D eigenvalue weighted by Gasteiger charge is 2.42. The standard InChI is InChI=1S/C22H27N3O3S/c26-21(27)19-13-17-18(29-19)5-12-28-22(17)6-10-25(11-7-22)20-4-3-16(14-23-20)15-24-8-1-2-9-24/h3-4,13-14H,1-2,5-12,15H2,(H,26,27). The number of thiophene rings is 1. The van der Waals surface area contributed by atoms with Gasteiger partial charge in [-0.1, -0.05) is 6.07 Å². The summed E-state index contributed by atoms with van der Waals surface area (Å²) in [4.78, 5) is 22.6. The van der Waals surface area contributed by atoms with E-state index in [1.807, 2.05) is 12.3 Å². The highest BCUT2D eigenvalue weighted by molar-refractivity contribution is 7.14. The number of anilines is 1. The van der Waals surface area contributed by atoms with E-state index < -0.39 is 5.97 Å². The Bertz CT molecular complexity index is 881. The molecule has 0 amide bonds. The molecule has 2 fully saturated rings. The number of hydrogen-bond donors (Lipinski definition) is 1. The second-order valence-electron chi connectivity index (χ2n) is 8.34. The van der Waals surface area contributed by atoms with Gasteiger partial charge >= 0.3 is 5.97 Å². The van der Waals surface area contributed by atoms with E-state index in [2.05, 4.69) is 21.9 Å². The molecule has 29 heavy (non-hydrogen) atoms. The number of rotatable bonds is 4. The lowest BCUT2D eigenvalue weighted by Gasteiger charge is -2.44. The van der Waals surface area contributed by atoms with E-state index in [0.29, 0.717) is 11.5 Å². The highest BCUT2D eigenvalue weighted by Crippen LogP contribution is 2.45. The largest absolute Gasteiger partial charge is 0.477 e. The van der Waals surface area contributed by atoms with Gasteiger partial charge in [0.25, 0.3) is 0 Å². The van der Waals surface area contributed by atoms with Gasteiger partial charge in [0.1, 0.15) is 10.7 Å². The van der Waals surface area contributed by atoms with Gasteiger partial charge in [-0.15, -0.1) is 11.3 Å². The molecule has 0 unspecified atom stereocenters. The van der Waals surface area contributed by atoms with Crippen molar-refractivity contribution in [1.82, 2.24) is 9.88 Å². The maximum atomic E-state index is 11.4. The van der Waals surface area contributed by atoms with Crippen molar-refractivity contribution in [2.24, 2.45) is 0 Å². The van der Waals surface area contributed by atoms with Crippen molar-refractivity contribution in [2.75, 3.05) is 37.7 Å². The molecule has 1 N–H and O–H groups in total. The molecule has 0 saturated carbocycles. The summed E-state index contributed by atoms with van der Waals surface area (Å²) in [5, 5.41) is 9.37. The van der Waals surface area contributed by atoms with Crippen molar-refractivity contribution < 1.29 is 14.6 Å². The molecule has 0 aliphatic carbocycles. The lowest BCUT2D eigenvalue weighted by atomic mass is 9.82. The summed E-state index contributed by atoms with van der Waals surface area (Å²) in [7, 11) is 0. The van der Waals surface area contributed by atoms with Crippen LogP contribution in [0.1, 0.15) is 51.4 Å². The first-order valence-corrected chi connectivity index (χ1v) is 11.4. The third-order valence-electron chi connectivity index (χ3n) is 6.53. The van der Waals surface area contributed by atoms with Crippen LogP contribution in [0.4, 0.5) is 5.82 Å². The van der Waals surface area contributed by atoms with Crippen LogP contribution in [0.3, 0.4) is 0 Å². The molecule has 2 aromatic heterocycles. The van der Waals surface area contributed by atoms with Gasteiger partial charge < -0.3 is 14.7 Å².